The Labute approximate surface area is 217 Å². The van der Waals surface area contributed by atoms with Crippen molar-refractivity contribution in [2.24, 2.45) is 5.92 Å². The third kappa shape index (κ3) is 5.92. The van der Waals surface area contributed by atoms with Crippen LogP contribution in [0.25, 0.3) is 11.2 Å². The fourth-order valence-electron chi connectivity index (χ4n) is 4.62. The molecule has 2 aromatic heterocycles. The number of aryl methyl sites for hydroxylation is 3. The molecule has 1 fully saturated rings. The van der Waals surface area contributed by atoms with Gasteiger partial charge in [-0.3, -0.25) is 13.9 Å². The number of hydrogen-bond donors (Lipinski definition) is 2. The van der Waals surface area contributed by atoms with Gasteiger partial charge in [0, 0.05) is 30.1 Å². The van der Waals surface area contributed by atoms with Crippen molar-refractivity contribution in [1.82, 2.24) is 18.7 Å². The zero-order valence-corrected chi connectivity index (χ0v) is 22.5. The van der Waals surface area contributed by atoms with Crippen LogP contribution < -0.4 is 11.2 Å². The molecule has 0 spiro atoms. The van der Waals surface area contributed by atoms with Crippen LogP contribution in [0.15, 0.2) is 38.3 Å². The van der Waals surface area contributed by atoms with Crippen molar-refractivity contribution in [3.8, 4) is 12.3 Å². The second-order valence-electron chi connectivity index (χ2n) is 9.32. The van der Waals surface area contributed by atoms with E-state index in [0.717, 1.165) is 39.7 Å². The van der Waals surface area contributed by atoms with Gasteiger partial charge in [0.2, 0.25) is 0 Å². The predicted octanol–water partition coefficient (Wildman–Crippen LogP) is 3.30. The van der Waals surface area contributed by atoms with Crippen molar-refractivity contribution in [2.75, 3.05) is 6.16 Å². The fourth-order valence-corrected chi connectivity index (χ4v) is 5.74. The lowest BCUT2D eigenvalue weighted by molar-refractivity contribution is 0.276. The lowest BCUT2D eigenvalue weighted by atomic mass is 9.85. The Kier molecular flexibility index (Phi) is 8.36. The Morgan fingerprint density at radius 2 is 1.86 bits per heavy atom. The molecule has 11 heteroatoms. The van der Waals surface area contributed by atoms with Gasteiger partial charge in [-0.1, -0.05) is 46.5 Å². The monoisotopic (exact) mass is 576 g/mol. The van der Waals surface area contributed by atoms with E-state index in [-0.39, 0.29) is 25.7 Å². The van der Waals surface area contributed by atoms with Crippen LogP contribution in [0.4, 0.5) is 0 Å². The van der Waals surface area contributed by atoms with Crippen LogP contribution in [0.1, 0.15) is 43.5 Å². The summed E-state index contributed by atoms with van der Waals surface area (Å²) in [6.45, 7) is 0.685. The van der Waals surface area contributed by atoms with E-state index in [1.165, 1.54) is 4.57 Å². The summed E-state index contributed by atoms with van der Waals surface area (Å²) < 4.78 is 16.7. The molecule has 1 aliphatic rings. The zero-order valence-electron chi connectivity index (χ0n) is 20.0. The van der Waals surface area contributed by atoms with Gasteiger partial charge in [-0.2, -0.15) is 0 Å². The van der Waals surface area contributed by atoms with Crippen molar-refractivity contribution >= 4 is 34.7 Å². The second-order valence-corrected chi connectivity index (χ2v) is 12.0. The number of terminal acetylenes is 1. The number of benzene rings is 1. The molecule has 1 aromatic carbocycles. The van der Waals surface area contributed by atoms with E-state index in [1.54, 1.807) is 0 Å². The van der Waals surface area contributed by atoms with Gasteiger partial charge in [-0.25, -0.2) is 14.3 Å². The van der Waals surface area contributed by atoms with Gasteiger partial charge in [0.15, 0.2) is 11.2 Å². The minimum absolute atomic E-state index is 0.156. The third-order valence-corrected chi connectivity index (χ3v) is 8.44. The molecule has 192 valence electrons. The number of fused-ring (bicyclic) bond motifs is 1. The summed E-state index contributed by atoms with van der Waals surface area (Å²) in [5.41, 5.74) is 0.815. The molecule has 0 saturated heterocycles. The van der Waals surface area contributed by atoms with Crippen LogP contribution in [0, 0.1) is 18.3 Å². The van der Waals surface area contributed by atoms with Crippen LogP contribution in [0.3, 0.4) is 0 Å². The smallest absolute Gasteiger partial charge is 0.324 e. The number of nitrogens with zero attached hydrogens (tertiary/aromatic N) is 4. The van der Waals surface area contributed by atoms with Gasteiger partial charge in [-0.15, -0.1) is 6.42 Å². The van der Waals surface area contributed by atoms with Crippen molar-refractivity contribution < 1.29 is 14.4 Å². The molecule has 2 heterocycles. The predicted molar refractivity (Wildman–Crippen MR) is 142 cm³/mol. The van der Waals surface area contributed by atoms with E-state index in [9.17, 15) is 23.9 Å². The Morgan fingerprint density at radius 3 is 2.50 bits per heavy atom. The van der Waals surface area contributed by atoms with Crippen LogP contribution in [-0.2, 0) is 37.0 Å². The molecule has 2 N–H and O–H groups in total. The van der Waals surface area contributed by atoms with Crippen molar-refractivity contribution in [3.05, 3.63) is 61.0 Å². The molecule has 9 nitrogen and oxygen atoms in total. The Hall–Kier alpha value is -2.44. The van der Waals surface area contributed by atoms with E-state index in [0.29, 0.717) is 42.9 Å². The summed E-state index contributed by atoms with van der Waals surface area (Å²) in [5.74, 6) is 3.59. The molecule has 0 aliphatic heterocycles. The van der Waals surface area contributed by atoms with Gasteiger partial charge in [0.1, 0.15) is 5.82 Å². The van der Waals surface area contributed by atoms with E-state index < -0.39 is 18.8 Å². The van der Waals surface area contributed by atoms with E-state index in [4.69, 9.17) is 11.4 Å². The van der Waals surface area contributed by atoms with Crippen molar-refractivity contribution in [1.29, 1.82) is 0 Å². The van der Waals surface area contributed by atoms with Crippen LogP contribution in [-0.4, -0.2) is 34.6 Å². The number of aromatic nitrogens is 4. The zero-order chi connectivity index (χ0) is 25.9. The maximum absolute atomic E-state index is 13.5. The Balaban J connectivity index is 1.78. The van der Waals surface area contributed by atoms with Crippen LogP contribution >= 0.6 is 23.5 Å². The van der Waals surface area contributed by atoms with Crippen molar-refractivity contribution in [3.63, 3.8) is 0 Å². The summed E-state index contributed by atoms with van der Waals surface area (Å²) in [6.07, 6.45) is 10.4. The van der Waals surface area contributed by atoms with Crippen LogP contribution in [0.5, 0.6) is 0 Å². The molecule has 36 heavy (non-hydrogen) atoms. The number of hydrogen-bond acceptors (Lipinski definition) is 4. The molecule has 1 saturated carbocycles. The highest BCUT2D eigenvalue weighted by molar-refractivity contribution is 9.10. The SMILES string of the molecule is C#CCn1c(=O)c2c(nc(CCc3ccccc3Br)n2CC2CCC2)n(CCCCP(=O)(O)O)c1=O. The minimum atomic E-state index is -4.13. The Bertz CT molecular complexity index is 1460. The lowest BCUT2D eigenvalue weighted by Gasteiger charge is -2.26. The third-order valence-electron chi connectivity index (χ3n) is 6.77. The lowest BCUT2D eigenvalue weighted by Crippen LogP contribution is -2.40. The first-order valence-corrected chi connectivity index (χ1v) is 14.7. The molecule has 0 amide bonds. The molecular weight excluding hydrogens is 547 g/mol. The molecule has 0 unspecified atom stereocenters. The molecule has 1 aliphatic carbocycles. The quantitative estimate of drug-likeness (QED) is 0.205. The number of unbranched alkanes of at least 4 members (excludes halogenated alkanes) is 1. The maximum Gasteiger partial charge on any atom is 0.333 e. The number of imidazole rings is 1. The highest BCUT2D eigenvalue weighted by Crippen LogP contribution is 2.35. The summed E-state index contributed by atoms with van der Waals surface area (Å²) in [6, 6.07) is 7.96. The topological polar surface area (TPSA) is 119 Å². The summed E-state index contributed by atoms with van der Waals surface area (Å²) in [7, 11) is -4.13. The van der Waals surface area contributed by atoms with Crippen molar-refractivity contribution in [2.45, 2.75) is 64.6 Å². The van der Waals surface area contributed by atoms with E-state index in [2.05, 4.69) is 21.9 Å². The van der Waals surface area contributed by atoms with Gasteiger partial charge >= 0.3 is 13.3 Å². The molecule has 3 aromatic rings. The minimum Gasteiger partial charge on any atom is -0.324 e. The molecule has 0 radical (unpaired) electrons. The number of halogens is 1. The van der Waals surface area contributed by atoms with Crippen LogP contribution in [0.2, 0.25) is 0 Å². The molecular formula is C25H30BrN4O5P. The first kappa shape index (κ1) is 26.6. The summed E-state index contributed by atoms with van der Waals surface area (Å²) in [4.78, 5) is 49.9. The average molecular weight is 577 g/mol. The van der Waals surface area contributed by atoms with Gasteiger partial charge in [-0.05, 0) is 49.7 Å². The normalized spacial score (nSPS) is 14.2. The van der Waals surface area contributed by atoms with Gasteiger partial charge in [0.25, 0.3) is 5.56 Å². The Morgan fingerprint density at radius 1 is 1.11 bits per heavy atom. The average Bonchev–Trinajstić information content (AvgIpc) is 3.15. The molecule has 0 bridgehead atoms. The number of rotatable bonds is 11. The maximum atomic E-state index is 13.5. The summed E-state index contributed by atoms with van der Waals surface area (Å²) >= 11 is 3.59. The highest BCUT2D eigenvalue weighted by atomic mass is 79.9. The summed E-state index contributed by atoms with van der Waals surface area (Å²) in [5, 5.41) is 0. The second kappa shape index (κ2) is 11.3. The molecule has 4 rings (SSSR count). The molecule has 0 atom stereocenters. The fraction of sp³-hybridized carbons (Fsp3) is 0.480. The first-order valence-electron chi connectivity index (χ1n) is 12.1. The standard InChI is InChI=1S/C25H30BrN4O5P/c1-2-14-29-24(31)22-23(28(25(29)32)15-5-6-16-36(33,34)35)27-21(30(22)17-18-8-7-9-18)13-12-19-10-3-4-11-20(19)26/h1,3-4,10-11,18H,5-9,12-17H2,(H2,33,34,35). The van der Waals surface area contributed by atoms with E-state index in [1.807, 2.05) is 28.8 Å². The van der Waals surface area contributed by atoms with E-state index >= 15 is 0 Å². The first-order chi connectivity index (χ1) is 17.2. The van der Waals surface area contributed by atoms with Gasteiger partial charge in [0.05, 0.1) is 6.54 Å². The highest BCUT2D eigenvalue weighted by Gasteiger charge is 2.25. The van der Waals surface area contributed by atoms with Gasteiger partial charge < -0.3 is 14.4 Å². The largest absolute Gasteiger partial charge is 0.333 e.